The molecule has 0 aliphatic heterocycles. The lowest BCUT2D eigenvalue weighted by atomic mass is 10.1. The Bertz CT molecular complexity index is 1410. The van der Waals surface area contributed by atoms with Crippen LogP contribution < -0.4 is 14.8 Å². The number of benzene rings is 2. The van der Waals surface area contributed by atoms with E-state index in [1.165, 1.54) is 0 Å². The maximum atomic E-state index is 12.7. The summed E-state index contributed by atoms with van der Waals surface area (Å²) in [6.07, 6.45) is 5.06. The molecule has 5 rings (SSSR count). The van der Waals surface area contributed by atoms with Crippen LogP contribution in [0, 0.1) is 0 Å². The third-order valence-electron chi connectivity index (χ3n) is 5.00. The SMILES string of the molecule is COc1ccc(-c2ccnc(C(=O)Nc3ccc(Oc4ccnc5[nH]ccc45)cc3)n2)cc1. The topological polar surface area (TPSA) is 102 Å². The molecule has 162 valence electrons. The zero-order valence-corrected chi connectivity index (χ0v) is 17.6. The molecular formula is C25H19N5O3. The third-order valence-corrected chi connectivity index (χ3v) is 5.00. The van der Waals surface area contributed by atoms with Gasteiger partial charge in [0.25, 0.3) is 5.91 Å². The number of hydrogen-bond acceptors (Lipinski definition) is 6. The summed E-state index contributed by atoms with van der Waals surface area (Å²) in [5, 5.41) is 3.71. The van der Waals surface area contributed by atoms with E-state index in [0.717, 1.165) is 22.3 Å². The number of H-pyrrole nitrogens is 1. The van der Waals surface area contributed by atoms with Crippen LogP contribution in [0.3, 0.4) is 0 Å². The number of fused-ring (bicyclic) bond motifs is 1. The monoisotopic (exact) mass is 437 g/mol. The van der Waals surface area contributed by atoms with Gasteiger partial charge in [-0.15, -0.1) is 0 Å². The number of rotatable bonds is 6. The lowest BCUT2D eigenvalue weighted by molar-refractivity contribution is 0.101. The van der Waals surface area contributed by atoms with E-state index >= 15 is 0 Å². The first-order chi connectivity index (χ1) is 16.2. The summed E-state index contributed by atoms with van der Waals surface area (Å²) in [6, 6.07) is 20.0. The summed E-state index contributed by atoms with van der Waals surface area (Å²) in [4.78, 5) is 28.5. The number of ether oxygens (including phenoxy) is 2. The first-order valence-electron chi connectivity index (χ1n) is 10.2. The number of carbonyl (C=O) groups is 1. The zero-order valence-electron chi connectivity index (χ0n) is 17.6. The largest absolute Gasteiger partial charge is 0.497 e. The second-order valence-corrected chi connectivity index (χ2v) is 7.12. The van der Waals surface area contributed by atoms with Crippen molar-refractivity contribution in [3.8, 4) is 28.5 Å². The van der Waals surface area contributed by atoms with Crippen molar-refractivity contribution in [3.05, 3.63) is 91.1 Å². The number of aromatic amines is 1. The first kappa shape index (κ1) is 20.2. The van der Waals surface area contributed by atoms with E-state index in [9.17, 15) is 4.79 Å². The van der Waals surface area contributed by atoms with E-state index in [2.05, 4.69) is 25.3 Å². The molecule has 0 unspecified atom stereocenters. The molecule has 0 fully saturated rings. The molecule has 8 nitrogen and oxygen atoms in total. The Morgan fingerprint density at radius 2 is 1.64 bits per heavy atom. The summed E-state index contributed by atoms with van der Waals surface area (Å²) in [5.74, 6) is 1.76. The summed E-state index contributed by atoms with van der Waals surface area (Å²) < 4.78 is 11.1. The van der Waals surface area contributed by atoms with E-state index < -0.39 is 5.91 Å². The highest BCUT2D eigenvalue weighted by Gasteiger charge is 2.12. The number of aromatic nitrogens is 4. The number of amides is 1. The van der Waals surface area contributed by atoms with Crippen molar-refractivity contribution < 1.29 is 14.3 Å². The molecule has 0 spiro atoms. The van der Waals surface area contributed by atoms with Gasteiger partial charge in [0.15, 0.2) is 0 Å². The molecule has 3 aromatic heterocycles. The highest BCUT2D eigenvalue weighted by atomic mass is 16.5. The highest BCUT2D eigenvalue weighted by molar-refractivity contribution is 6.01. The van der Waals surface area contributed by atoms with Crippen molar-refractivity contribution >= 4 is 22.6 Å². The van der Waals surface area contributed by atoms with Gasteiger partial charge >= 0.3 is 0 Å². The molecule has 0 radical (unpaired) electrons. The Morgan fingerprint density at radius 3 is 2.42 bits per heavy atom. The summed E-state index contributed by atoms with van der Waals surface area (Å²) in [5.41, 5.74) is 2.87. The summed E-state index contributed by atoms with van der Waals surface area (Å²) >= 11 is 0. The molecule has 0 aliphatic carbocycles. The number of anilines is 1. The molecule has 33 heavy (non-hydrogen) atoms. The van der Waals surface area contributed by atoms with Crippen molar-refractivity contribution in [1.82, 2.24) is 19.9 Å². The van der Waals surface area contributed by atoms with Crippen LogP contribution in [-0.4, -0.2) is 33.0 Å². The van der Waals surface area contributed by atoms with Crippen LogP contribution in [0.15, 0.2) is 85.3 Å². The maximum Gasteiger partial charge on any atom is 0.293 e. The predicted octanol–water partition coefficient (Wildman–Crippen LogP) is 5.07. The fourth-order valence-electron chi connectivity index (χ4n) is 3.34. The Kier molecular flexibility index (Phi) is 5.38. The lowest BCUT2D eigenvalue weighted by Gasteiger charge is -2.09. The van der Waals surface area contributed by atoms with Gasteiger partial charge in [-0.1, -0.05) is 0 Å². The molecule has 1 amide bonds. The van der Waals surface area contributed by atoms with Crippen molar-refractivity contribution in [3.63, 3.8) is 0 Å². The molecular weight excluding hydrogens is 418 g/mol. The van der Waals surface area contributed by atoms with Gasteiger partial charge in [-0.25, -0.2) is 15.0 Å². The summed E-state index contributed by atoms with van der Waals surface area (Å²) in [6.45, 7) is 0. The zero-order chi connectivity index (χ0) is 22.6. The third kappa shape index (κ3) is 4.35. The molecule has 5 aromatic rings. The van der Waals surface area contributed by atoms with Crippen LogP contribution >= 0.6 is 0 Å². The Morgan fingerprint density at radius 1 is 0.879 bits per heavy atom. The number of carbonyl (C=O) groups excluding carboxylic acids is 1. The van der Waals surface area contributed by atoms with Crippen LogP contribution in [0.1, 0.15) is 10.6 Å². The number of nitrogens with zero attached hydrogens (tertiary/aromatic N) is 3. The molecule has 0 bridgehead atoms. The van der Waals surface area contributed by atoms with E-state index in [4.69, 9.17) is 9.47 Å². The van der Waals surface area contributed by atoms with Crippen LogP contribution in [0.2, 0.25) is 0 Å². The van der Waals surface area contributed by atoms with Gasteiger partial charge in [0.05, 0.1) is 18.2 Å². The van der Waals surface area contributed by atoms with Gasteiger partial charge in [-0.2, -0.15) is 0 Å². The molecule has 2 aromatic carbocycles. The van der Waals surface area contributed by atoms with Crippen LogP contribution in [0.5, 0.6) is 17.2 Å². The molecule has 2 N–H and O–H groups in total. The molecule has 0 saturated heterocycles. The standard InChI is InChI=1S/C25H19N5O3/c1-32-18-6-2-16(3-7-18)21-11-14-28-24(30-21)25(31)29-17-4-8-19(9-5-17)33-22-12-15-27-23-20(22)10-13-26-23/h2-15H,1H3,(H,26,27)(H,29,31). The van der Waals surface area contributed by atoms with Crippen LogP contribution in [-0.2, 0) is 0 Å². The fourth-order valence-corrected chi connectivity index (χ4v) is 3.34. The minimum Gasteiger partial charge on any atom is -0.497 e. The normalized spacial score (nSPS) is 10.7. The average molecular weight is 437 g/mol. The van der Waals surface area contributed by atoms with Crippen molar-refractivity contribution in [2.24, 2.45) is 0 Å². The average Bonchev–Trinajstić information content (AvgIpc) is 3.35. The van der Waals surface area contributed by atoms with Crippen molar-refractivity contribution in [1.29, 1.82) is 0 Å². The van der Waals surface area contributed by atoms with Gasteiger partial charge in [0, 0.05) is 29.8 Å². The Labute approximate surface area is 189 Å². The first-order valence-corrected chi connectivity index (χ1v) is 10.2. The minimum absolute atomic E-state index is 0.0790. The second-order valence-electron chi connectivity index (χ2n) is 7.12. The van der Waals surface area contributed by atoms with E-state index in [0.29, 0.717) is 22.9 Å². The van der Waals surface area contributed by atoms with Crippen LogP contribution in [0.4, 0.5) is 5.69 Å². The smallest absolute Gasteiger partial charge is 0.293 e. The number of methoxy groups -OCH3 is 1. The van der Waals surface area contributed by atoms with E-state index in [-0.39, 0.29) is 5.82 Å². The highest BCUT2D eigenvalue weighted by Crippen LogP contribution is 2.29. The molecule has 3 heterocycles. The van der Waals surface area contributed by atoms with Gasteiger partial charge < -0.3 is 19.8 Å². The van der Waals surface area contributed by atoms with Gasteiger partial charge in [-0.3, -0.25) is 4.79 Å². The van der Waals surface area contributed by atoms with Crippen molar-refractivity contribution in [2.45, 2.75) is 0 Å². The lowest BCUT2D eigenvalue weighted by Crippen LogP contribution is -2.15. The minimum atomic E-state index is -0.401. The maximum absolute atomic E-state index is 12.7. The van der Waals surface area contributed by atoms with Gasteiger partial charge in [-0.05, 0) is 66.7 Å². The Hall–Kier alpha value is -4.72. The summed E-state index contributed by atoms with van der Waals surface area (Å²) in [7, 11) is 1.61. The number of hydrogen-bond donors (Lipinski definition) is 2. The molecule has 0 saturated carbocycles. The van der Waals surface area contributed by atoms with E-state index in [1.807, 2.05) is 36.5 Å². The molecule has 8 heteroatoms. The van der Waals surface area contributed by atoms with Crippen LogP contribution in [0.25, 0.3) is 22.3 Å². The fraction of sp³-hybridized carbons (Fsp3) is 0.0400. The van der Waals surface area contributed by atoms with Gasteiger partial charge in [0.2, 0.25) is 5.82 Å². The molecule has 0 aliphatic rings. The molecule has 0 atom stereocenters. The predicted molar refractivity (Wildman–Crippen MR) is 125 cm³/mol. The second kappa shape index (κ2) is 8.80. The quantitative estimate of drug-likeness (QED) is 0.384. The van der Waals surface area contributed by atoms with E-state index in [1.54, 1.807) is 55.9 Å². The Balaban J connectivity index is 1.28. The van der Waals surface area contributed by atoms with Gasteiger partial charge in [0.1, 0.15) is 22.9 Å². The van der Waals surface area contributed by atoms with Crippen molar-refractivity contribution in [2.75, 3.05) is 12.4 Å². The number of pyridine rings is 1. The number of nitrogens with one attached hydrogen (secondary N) is 2.